The number of hydrogen-bond donors (Lipinski definition) is 3. The predicted octanol–water partition coefficient (Wildman–Crippen LogP) is 2.16. The molecule has 0 aromatic heterocycles. The molecule has 0 radical (unpaired) electrons. The minimum atomic E-state index is -3.66. The molecule has 3 aliphatic rings. The number of nitrogens with one attached hydrogen (secondary N) is 3. The van der Waals surface area contributed by atoms with Crippen molar-refractivity contribution >= 4 is 15.9 Å². The van der Waals surface area contributed by atoms with Gasteiger partial charge in [0.15, 0.2) is 0 Å². The molecule has 0 aliphatic carbocycles. The summed E-state index contributed by atoms with van der Waals surface area (Å²) in [5, 5.41) is 9.99. The lowest BCUT2D eigenvalue weighted by Crippen LogP contribution is -2.45. The first-order valence-corrected chi connectivity index (χ1v) is 13.8. The van der Waals surface area contributed by atoms with Gasteiger partial charge in [0.25, 0.3) is 0 Å². The molecule has 3 N–H and O–H groups in total. The highest BCUT2D eigenvalue weighted by Gasteiger charge is 2.38. The van der Waals surface area contributed by atoms with Crippen LogP contribution in [-0.4, -0.2) is 63.4 Å². The number of unbranched alkanes of at least 4 members (excludes halogenated alkanes) is 1. The molecule has 9 heteroatoms. The van der Waals surface area contributed by atoms with E-state index >= 15 is 0 Å². The Balaban J connectivity index is 1.13. The molecule has 4 rings (SSSR count). The van der Waals surface area contributed by atoms with Crippen LogP contribution in [0.3, 0.4) is 0 Å². The van der Waals surface area contributed by atoms with Gasteiger partial charge in [-0.25, -0.2) is 12.8 Å². The van der Waals surface area contributed by atoms with Crippen molar-refractivity contribution in [3.63, 3.8) is 0 Å². The van der Waals surface area contributed by atoms with E-state index in [0.29, 0.717) is 37.5 Å². The number of carbonyl (C=O) groups excluding carboxylic acids is 1. The zero-order chi connectivity index (χ0) is 23.4. The molecule has 0 bridgehead atoms. The van der Waals surface area contributed by atoms with Gasteiger partial charge in [-0.15, -0.1) is 0 Å². The van der Waals surface area contributed by atoms with E-state index in [4.69, 9.17) is 0 Å². The molecule has 184 valence electrons. The van der Waals surface area contributed by atoms with E-state index < -0.39 is 15.8 Å². The second-order valence-electron chi connectivity index (χ2n) is 9.81. The fraction of sp³-hybridized carbons (Fsp3) is 0.708. The molecular formula is C24H37FN4O3S. The first-order chi connectivity index (χ1) is 15.9. The zero-order valence-corrected chi connectivity index (χ0v) is 20.3. The third kappa shape index (κ3) is 5.75. The van der Waals surface area contributed by atoms with Crippen LogP contribution in [0.2, 0.25) is 0 Å². The van der Waals surface area contributed by atoms with Crippen molar-refractivity contribution in [3.8, 4) is 0 Å². The fourth-order valence-corrected chi connectivity index (χ4v) is 7.24. The number of hydrogen-bond acceptors (Lipinski definition) is 5. The predicted molar refractivity (Wildman–Crippen MR) is 126 cm³/mol. The van der Waals surface area contributed by atoms with E-state index in [1.165, 1.54) is 29.4 Å². The second-order valence-corrected chi connectivity index (χ2v) is 11.7. The van der Waals surface area contributed by atoms with Crippen molar-refractivity contribution in [2.45, 2.75) is 68.8 Å². The van der Waals surface area contributed by atoms with Gasteiger partial charge in [0.1, 0.15) is 5.82 Å². The van der Waals surface area contributed by atoms with E-state index in [0.717, 1.165) is 58.0 Å². The Bertz CT molecular complexity index is 920. The molecular weight excluding hydrogens is 443 g/mol. The van der Waals surface area contributed by atoms with Crippen LogP contribution in [0.1, 0.15) is 50.5 Å². The number of nitrogens with zero attached hydrogens (tertiary/aromatic N) is 1. The summed E-state index contributed by atoms with van der Waals surface area (Å²) in [6.45, 7) is 5.19. The highest BCUT2D eigenvalue weighted by molar-refractivity contribution is 7.89. The summed E-state index contributed by atoms with van der Waals surface area (Å²) in [5.74, 6) is 0.689. The number of carbonyl (C=O) groups is 1. The van der Waals surface area contributed by atoms with Crippen LogP contribution in [0, 0.1) is 24.6 Å². The standard InChI is InChI=1S/C24H37FN4O3S/c1-17-20(25)6-4-7-23(17)33(31,32)29-13-9-18(10-14-29)5-2-3-11-27-24(30)22-15-19-16-26-12-8-21(19)28-22/h4,6-7,18-19,21-22,26,28H,2-3,5,8-16H2,1H3,(H,27,30). The van der Waals surface area contributed by atoms with Crippen molar-refractivity contribution in [2.75, 3.05) is 32.7 Å². The number of halogens is 1. The van der Waals surface area contributed by atoms with Crippen LogP contribution in [0.4, 0.5) is 4.39 Å². The van der Waals surface area contributed by atoms with Crippen molar-refractivity contribution in [1.82, 2.24) is 20.3 Å². The van der Waals surface area contributed by atoms with E-state index in [-0.39, 0.29) is 22.4 Å². The number of benzene rings is 1. The number of amides is 1. The Kier molecular flexibility index (Phi) is 8.04. The average molecular weight is 481 g/mol. The summed E-state index contributed by atoms with van der Waals surface area (Å²) < 4.78 is 41.2. The molecule has 7 nitrogen and oxygen atoms in total. The van der Waals surface area contributed by atoms with E-state index in [1.54, 1.807) is 0 Å². The van der Waals surface area contributed by atoms with Crippen LogP contribution in [-0.2, 0) is 14.8 Å². The molecule has 3 aliphatic heterocycles. The van der Waals surface area contributed by atoms with Gasteiger partial charge < -0.3 is 16.0 Å². The van der Waals surface area contributed by atoms with E-state index in [2.05, 4.69) is 16.0 Å². The topological polar surface area (TPSA) is 90.5 Å². The smallest absolute Gasteiger partial charge is 0.243 e. The number of fused-ring (bicyclic) bond motifs is 1. The van der Waals surface area contributed by atoms with E-state index in [1.807, 2.05) is 0 Å². The van der Waals surface area contributed by atoms with Gasteiger partial charge in [-0.1, -0.05) is 18.9 Å². The summed E-state index contributed by atoms with van der Waals surface area (Å²) in [7, 11) is -3.66. The van der Waals surface area contributed by atoms with Crippen LogP contribution < -0.4 is 16.0 Å². The molecule has 0 spiro atoms. The van der Waals surface area contributed by atoms with Gasteiger partial charge in [-0.2, -0.15) is 4.31 Å². The van der Waals surface area contributed by atoms with Gasteiger partial charge in [0.2, 0.25) is 15.9 Å². The molecule has 0 saturated carbocycles. The number of sulfonamides is 1. The fourth-order valence-electron chi connectivity index (χ4n) is 5.54. The molecule has 1 amide bonds. The number of piperidine rings is 2. The lowest BCUT2D eigenvalue weighted by atomic mass is 9.92. The lowest BCUT2D eigenvalue weighted by molar-refractivity contribution is -0.122. The molecule has 33 heavy (non-hydrogen) atoms. The van der Waals surface area contributed by atoms with Gasteiger partial charge in [0.05, 0.1) is 10.9 Å². The summed E-state index contributed by atoms with van der Waals surface area (Å²) in [5.41, 5.74) is 0.185. The summed E-state index contributed by atoms with van der Waals surface area (Å²) in [6, 6.07) is 4.64. The Morgan fingerprint density at radius 2 is 2.00 bits per heavy atom. The normalized spacial score (nSPS) is 26.8. The van der Waals surface area contributed by atoms with Gasteiger partial charge in [-0.3, -0.25) is 4.79 Å². The van der Waals surface area contributed by atoms with Crippen molar-refractivity contribution in [3.05, 3.63) is 29.6 Å². The van der Waals surface area contributed by atoms with Crippen molar-refractivity contribution in [2.24, 2.45) is 11.8 Å². The molecule has 1 aromatic carbocycles. The minimum absolute atomic E-state index is 0.0621. The maximum atomic E-state index is 13.8. The summed E-state index contributed by atoms with van der Waals surface area (Å²) >= 11 is 0. The summed E-state index contributed by atoms with van der Waals surface area (Å²) in [6.07, 6.45) is 6.66. The monoisotopic (exact) mass is 480 g/mol. The van der Waals surface area contributed by atoms with Crippen LogP contribution >= 0.6 is 0 Å². The van der Waals surface area contributed by atoms with Gasteiger partial charge in [0, 0.05) is 31.2 Å². The van der Waals surface area contributed by atoms with E-state index in [9.17, 15) is 17.6 Å². The Labute approximate surface area is 196 Å². The lowest BCUT2D eigenvalue weighted by Gasteiger charge is -2.31. The molecule has 1 aromatic rings. The third-order valence-corrected chi connectivity index (χ3v) is 9.67. The Morgan fingerprint density at radius 1 is 1.21 bits per heavy atom. The highest BCUT2D eigenvalue weighted by atomic mass is 32.2. The van der Waals surface area contributed by atoms with Crippen LogP contribution in [0.25, 0.3) is 0 Å². The quantitative estimate of drug-likeness (QED) is 0.496. The number of rotatable bonds is 8. The van der Waals surface area contributed by atoms with Crippen LogP contribution in [0.15, 0.2) is 23.1 Å². The van der Waals surface area contributed by atoms with Gasteiger partial charge >= 0.3 is 0 Å². The Hall–Kier alpha value is -1.55. The third-order valence-electron chi connectivity index (χ3n) is 7.63. The largest absolute Gasteiger partial charge is 0.355 e. The maximum absolute atomic E-state index is 13.8. The van der Waals surface area contributed by atoms with Crippen molar-refractivity contribution < 1.29 is 17.6 Å². The maximum Gasteiger partial charge on any atom is 0.243 e. The molecule has 3 fully saturated rings. The van der Waals surface area contributed by atoms with Crippen molar-refractivity contribution in [1.29, 1.82) is 0 Å². The molecule has 3 atom stereocenters. The van der Waals surface area contributed by atoms with Crippen LogP contribution in [0.5, 0.6) is 0 Å². The molecule has 3 saturated heterocycles. The minimum Gasteiger partial charge on any atom is -0.355 e. The molecule has 3 heterocycles. The Morgan fingerprint density at radius 3 is 2.76 bits per heavy atom. The second kappa shape index (κ2) is 10.8. The molecule has 3 unspecified atom stereocenters. The highest BCUT2D eigenvalue weighted by Crippen LogP contribution is 2.29. The first kappa shape index (κ1) is 24.6. The zero-order valence-electron chi connectivity index (χ0n) is 19.5. The average Bonchev–Trinajstić information content (AvgIpc) is 3.25. The first-order valence-electron chi connectivity index (χ1n) is 12.4. The van der Waals surface area contributed by atoms with Gasteiger partial charge in [-0.05, 0) is 76.1 Å². The SMILES string of the molecule is Cc1c(F)cccc1S(=O)(=O)N1CCC(CCCCNC(=O)C2CC3CNCCC3N2)CC1. The summed E-state index contributed by atoms with van der Waals surface area (Å²) in [4.78, 5) is 12.5.